The average molecular weight is 355 g/mol. The van der Waals surface area contributed by atoms with Crippen molar-refractivity contribution in [3.63, 3.8) is 0 Å². The van der Waals surface area contributed by atoms with Crippen molar-refractivity contribution in [2.24, 2.45) is 7.05 Å². The quantitative estimate of drug-likeness (QED) is 0.759. The zero-order valence-corrected chi connectivity index (χ0v) is 14.9. The number of piperazine rings is 1. The monoisotopic (exact) mass is 355 g/mol. The molecule has 6 nitrogen and oxygen atoms in total. The van der Waals surface area contributed by atoms with E-state index in [-0.39, 0.29) is 0 Å². The summed E-state index contributed by atoms with van der Waals surface area (Å²) in [6.07, 6.45) is 1.69. The third kappa shape index (κ3) is 3.95. The first-order valence-corrected chi connectivity index (χ1v) is 9.21. The fraction of sp³-hybridized carbons (Fsp3) is 0.333. The van der Waals surface area contributed by atoms with Crippen LogP contribution in [-0.4, -0.2) is 39.3 Å². The van der Waals surface area contributed by atoms with E-state index in [1.54, 1.807) is 6.33 Å². The number of hydrogen-bond acceptors (Lipinski definition) is 6. The molecule has 1 atom stereocenters. The molecule has 1 N–H and O–H groups in total. The Balaban J connectivity index is 1.38. The Morgan fingerprint density at radius 1 is 1.24 bits per heavy atom. The first-order chi connectivity index (χ1) is 12.3. The van der Waals surface area contributed by atoms with Crippen LogP contribution < -0.4 is 5.32 Å². The van der Waals surface area contributed by atoms with E-state index in [0.717, 1.165) is 42.2 Å². The predicted octanol–water partition coefficient (Wildman–Crippen LogP) is 2.71. The minimum Gasteiger partial charge on any atom is -0.453 e. The number of benzene rings is 1. The Labute approximate surface area is 151 Å². The van der Waals surface area contributed by atoms with Gasteiger partial charge in [0.1, 0.15) is 12.1 Å². The Morgan fingerprint density at radius 3 is 2.92 bits per heavy atom. The van der Waals surface area contributed by atoms with E-state index in [1.165, 1.54) is 17.3 Å². The number of nitrogens with zero attached hydrogens (tertiary/aromatic N) is 4. The highest BCUT2D eigenvalue weighted by Crippen LogP contribution is 2.28. The third-order valence-electron chi connectivity index (χ3n) is 4.34. The van der Waals surface area contributed by atoms with Crippen molar-refractivity contribution < 1.29 is 4.42 Å². The van der Waals surface area contributed by atoms with Crippen LogP contribution in [0.3, 0.4) is 0 Å². The van der Waals surface area contributed by atoms with Gasteiger partial charge in [0.15, 0.2) is 10.2 Å². The summed E-state index contributed by atoms with van der Waals surface area (Å²) in [5.41, 5.74) is 1.34. The maximum Gasteiger partial charge on any atom is 0.198 e. The number of nitrogens with one attached hydrogen (secondary N) is 1. The second-order valence-corrected chi connectivity index (χ2v) is 7.17. The van der Waals surface area contributed by atoms with Gasteiger partial charge in [0.2, 0.25) is 0 Å². The molecule has 1 fully saturated rings. The van der Waals surface area contributed by atoms with Crippen molar-refractivity contribution in [3.8, 4) is 0 Å². The molecule has 0 unspecified atom stereocenters. The molecule has 0 spiro atoms. The first kappa shape index (κ1) is 16.4. The minimum absolute atomic E-state index is 0.373. The van der Waals surface area contributed by atoms with Gasteiger partial charge in [0.05, 0.1) is 6.54 Å². The lowest BCUT2D eigenvalue weighted by Crippen LogP contribution is -2.45. The normalized spacial score (nSPS) is 18.5. The average Bonchev–Trinajstić information content (AvgIpc) is 3.26. The Hall–Kier alpha value is -2.09. The fourth-order valence-corrected chi connectivity index (χ4v) is 3.78. The topological polar surface area (TPSA) is 59.1 Å². The van der Waals surface area contributed by atoms with E-state index in [1.807, 2.05) is 17.7 Å². The zero-order chi connectivity index (χ0) is 17.1. The van der Waals surface area contributed by atoms with Gasteiger partial charge in [-0.15, -0.1) is 10.2 Å². The van der Waals surface area contributed by atoms with Crippen LogP contribution in [0.25, 0.3) is 0 Å². The number of hydrogen-bond donors (Lipinski definition) is 1. The SMILES string of the molecule is Cn1cnnc1Sc1ccc(CN2CCN[C@H](c3ccccc3)C2)o1. The molecule has 0 radical (unpaired) electrons. The van der Waals surface area contributed by atoms with Gasteiger partial charge >= 0.3 is 0 Å². The highest BCUT2D eigenvalue weighted by atomic mass is 32.2. The van der Waals surface area contributed by atoms with E-state index in [9.17, 15) is 0 Å². The summed E-state index contributed by atoms with van der Waals surface area (Å²) in [6, 6.07) is 15.1. The molecule has 7 heteroatoms. The lowest BCUT2D eigenvalue weighted by molar-refractivity contribution is 0.177. The Morgan fingerprint density at radius 2 is 2.12 bits per heavy atom. The smallest absolute Gasteiger partial charge is 0.198 e. The second kappa shape index (κ2) is 7.43. The first-order valence-electron chi connectivity index (χ1n) is 8.39. The van der Waals surface area contributed by atoms with E-state index in [2.05, 4.69) is 56.8 Å². The molecule has 3 aromatic rings. The van der Waals surface area contributed by atoms with Gasteiger partial charge in [-0.3, -0.25) is 4.90 Å². The molecule has 1 aliphatic heterocycles. The Bertz CT molecular complexity index is 816. The molecule has 1 saturated heterocycles. The molecule has 1 aliphatic rings. The number of rotatable bonds is 5. The van der Waals surface area contributed by atoms with Crippen LogP contribution in [0.4, 0.5) is 0 Å². The van der Waals surface area contributed by atoms with Crippen LogP contribution in [0.1, 0.15) is 17.4 Å². The van der Waals surface area contributed by atoms with Crippen LogP contribution in [-0.2, 0) is 13.6 Å². The minimum atomic E-state index is 0.373. The van der Waals surface area contributed by atoms with Gasteiger partial charge in [-0.1, -0.05) is 30.3 Å². The Kier molecular flexibility index (Phi) is 4.87. The maximum absolute atomic E-state index is 5.98. The van der Waals surface area contributed by atoms with Crippen LogP contribution in [0.5, 0.6) is 0 Å². The molecule has 0 saturated carbocycles. The molecule has 1 aromatic carbocycles. The van der Waals surface area contributed by atoms with Gasteiger partial charge in [-0.05, 0) is 29.5 Å². The van der Waals surface area contributed by atoms with Crippen LogP contribution in [0.15, 0.2) is 63.5 Å². The molecule has 3 heterocycles. The molecule has 4 rings (SSSR count). The molecule has 130 valence electrons. The van der Waals surface area contributed by atoms with Gasteiger partial charge < -0.3 is 14.3 Å². The van der Waals surface area contributed by atoms with Gasteiger partial charge in [0.25, 0.3) is 0 Å². The van der Waals surface area contributed by atoms with Crippen molar-refractivity contribution in [3.05, 3.63) is 60.1 Å². The van der Waals surface area contributed by atoms with Crippen molar-refractivity contribution in [2.75, 3.05) is 19.6 Å². The van der Waals surface area contributed by atoms with Gasteiger partial charge in [-0.2, -0.15) is 0 Å². The number of aromatic nitrogens is 3. The second-order valence-electron chi connectivity index (χ2n) is 6.20. The van der Waals surface area contributed by atoms with E-state index in [0.29, 0.717) is 6.04 Å². The number of aryl methyl sites for hydroxylation is 1. The molecule has 0 aliphatic carbocycles. The van der Waals surface area contributed by atoms with Gasteiger partial charge in [0, 0.05) is 32.7 Å². The standard InChI is InChI=1S/C18H21N5OS/c1-22-13-20-21-18(22)25-17-8-7-15(24-17)11-23-10-9-19-16(12-23)14-5-3-2-4-6-14/h2-8,13,16,19H,9-12H2,1H3/t16-/m0/s1. The number of furan rings is 1. The lowest BCUT2D eigenvalue weighted by atomic mass is 10.0. The zero-order valence-electron chi connectivity index (χ0n) is 14.1. The van der Waals surface area contributed by atoms with E-state index in [4.69, 9.17) is 4.42 Å². The lowest BCUT2D eigenvalue weighted by Gasteiger charge is -2.33. The van der Waals surface area contributed by atoms with Crippen LogP contribution >= 0.6 is 11.8 Å². The predicted molar refractivity (Wildman–Crippen MR) is 96.3 cm³/mol. The van der Waals surface area contributed by atoms with E-state index >= 15 is 0 Å². The summed E-state index contributed by atoms with van der Waals surface area (Å²) in [6.45, 7) is 3.82. The summed E-state index contributed by atoms with van der Waals surface area (Å²) in [7, 11) is 1.93. The maximum atomic E-state index is 5.98. The van der Waals surface area contributed by atoms with Crippen molar-refractivity contribution >= 4 is 11.8 Å². The van der Waals surface area contributed by atoms with Crippen molar-refractivity contribution in [1.29, 1.82) is 0 Å². The van der Waals surface area contributed by atoms with Gasteiger partial charge in [-0.25, -0.2) is 0 Å². The molecule has 0 bridgehead atoms. The fourth-order valence-electron chi connectivity index (χ4n) is 3.04. The summed E-state index contributed by atoms with van der Waals surface area (Å²) >= 11 is 1.49. The summed E-state index contributed by atoms with van der Waals surface area (Å²) in [5, 5.41) is 13.2. The molecule has 0 amide bonds. The van der Waals surface area contributed by atoms with Crippen LogP contribution in [0, 0.1) is 0 Å². The molecular weight excluding hydrogens is 334 g/mol. The van der Waals surface area contributed by atoms with Crippen molar-refractivity contribution in [1.82, 2.24) is 25.0 Å². The summed E-state index contributed by atoms with van der Waals surface area (Å²) in [5.74, 6) is 0.985. The van der Waals surface area contributed by atoms with Crippen LogP contribution in [0.2, 0.25) is 0 Å². The molecule has 25 heavy (non-hydrogen) atoms. The third-order valence-corrected chi connectivity index (χ3v) is 5.31. The summed E-state index contributed by atoms with van der Waals surface area (Å²) < 4.78 is 7.86. The summed E-state index contributed by atoms with van der Waals surface area (Å²) in [4.78, 5) is 2.43. The van der Waals surface area contributed by atoms with E-state index < -0.39 is 0 Å². The highest BCUT2D eigenvalue weighted by Gasteiger charge is 2.21. The molecular formula is C18H21N5OS. The van der Waals surface area contributed by atoms with Crippen molar-refractivity contribution in [2.45, 2.75) is 22.8 Å². The largest absolute Gasteiger partial charge is 0.453 e. The molecule has 2 aromatic heterocycles. The highest BCUT2D eigenvalue weighted by molar-refractivity contribution is 7.99.